The minimum absolute atomic E-state index is 0.397. The number of alkyl halides is 3. The van der Waals surface area contributed by atoms with E-state index in [1.165, 1.54) is 24.3 Å². The third-order valence-corrected chi connectivity index (χ3v) is 3.81. The van der Waals surface area contributed by atoms with Crippen LogP contribution in [-0.4, -0.2) is 22.2 Å². The van der Waals surface area contributed by atoms with Gasteiger partial charge in [-0.2, -0.15) is 13.2 Å². The number of hydrogen-bond acceptors (Lipinski definition) is 2. The molecule has 0 spiro atoms. The molecule has 26 heavy (non-hydrogen) atoms. The summed E-state index contributed by atoms with van der Waals surface area (Å²) in [7, 11) is 0. The minimum atomic E-state index is -4.45. The third-order valence-electron chi connectivity index (χ3n) is 3.81. The van der Waals surface area contributed by atoms with Crippen LogP contribution in [0.15, 0.2) is 60.7 Å². The fourth-order valence-electron chi connectivity index (χ4n) is 2.50. The van der Waals surface area contributed by atoms with Crippen molar-refractivity contribution in [2.75, 3.05) is 0 Å². The first-order chi connectivity index (χ1) is 12.2. The van der Waals surface area contributed by atoms with Gasteiger partial charge in [-0.3, -0.25) is 9.59 Å². The lowest BCUT2D eigenvalue weighted by Gasteiger charge is -2.18. The van der Waals surface area contributed by atoms with E-state index in [0.29, 0.717) is 11.1 Å². The molecule has 2 rings (SSSR count). The first-order valence-electron chi connectivity index (χ1n) is 7.56. The minimum Gasteiger partial charge on any atom is -0.481 e. The maximum Gasteiger partial charge on any atom is 0.416 e. The molecule has 0 aromatic heterocycles. The Bertz CT molecular complexity index is 782. The Labute approximate surface area is 147 Å². The molecule has 0 radical (unpaired) electrons. The predicted octanol–water partition coefficient (Wildman–Crippen LogP) is 4.29. The highest BCUT2D eigenvalue weighted by atomic mass is 19.4. The molecule has 2 aromatic carbocycles. The molecule has 0 bridgehead atoms. The van der Waals surface area contributed by atoms with Gasteiger partial charge in [0.15, 0.2) is 5.92 Å². The Morgan fingerprint density at radius 2 is 1.42 bits per heavy atom. The number of hydrogen-bond donors (Lipinski definition) is 2. The third kappa shape index (κ3) is 4.72. The second-order valence-electron chi connectivity index (χ2n) is 5.57. The summed E-state index contributed by atoms with van der Waals surface area (Å²) in [6.07, 6.45) is -1.66. The number of allylic oxidation sites excluding steroid dienone is 1. The SMILES string of the molecule is O=C(O)C(C(=O)O)C(/C=C/c1ccc(C(F)(F)F)cc1)c1ccccc1. The van der Waals surface area contributed by atoms with E-state index in [9.17, 15) is 33.0 Å². The molecule has 4 nitrogen and oxygen atoms in total. The number of carbonyl (C=O) groups is 2. The second kappa shape index (κ2) is 7.86. The largest absolute Gasteiger partial charge is 0.481 e. The molecule has 2 N–H and O–H groups in total. The highest BCUT2D eigenvalue weighted by Gasteiger charge is 2.34. The van der Waals surface area contributed by atoms with Crippen molar-refractivity contribution in [2.24, 2.45) is 5.92 Å². The summed E-state index contributed by atoms with van der Waals surface area (Å²) in [6, 6.07) is 12.5. The van der Waals surface area contributed by atoms with Crippen LogP contribution in [0.3, 0.4) is 0 Å². The molecule has 2 aromatic rings. The van der Waals surface area contributed by atoms with E-state index in [-0.39, 0.29) is 0 Å². The van der Waals surface area contributed by atoms with Crippen LogP contribution < -0.4 is 0 Å². The van der Waals surface area contributed by atoms with E-state index in [1.807, 2.05) is 0 Å². The van der Waals surface area contributed by atoms with E-state index in [0.717, 1.165) is 12.1 Å². The van der Waals surface area contributed by atoms with Gasteiger partial charge in [0.1, 0.15) is 0 Å². The average molecular weight is 364 g/mol. The Hall–Kier alpha value is -3.09. The first-order valence-corrected chi connectivity index (χ1v) is 7.56. The van der Waals surface area contributed by atoms with E-state index in [4.69, 9.17) is 0 Å². The summed E-state index contributed by atoms with van der Waals surface area (Å²) < 4.78 is 37.8. The van der Waals surface area contributed by atoms with E-state index < -0.39 is 35.5 Å². The van der Waals surface area contributed by atoms with Crippen LogP contribution in [0.2, 0.25) is 0 Å². The zero-order valence-corrected chi connectivity index (χ0v) is 13.4. The molecule has 1 unspecified atom stereocenters. The van der Waals surface area contributed by atoms with Gasteiger partial charge < -0.3 is 10.2 Å². The zero-order valence-electron chi connectivity index (χ0n) is 13.4. The summed E-state index contributed by atoms with van der Waals surface area (Å²) in [5, 5.41) is 18.5. The van der Waals surface area contributed by atoms with Crippen LogP contribution in [0.4, 0.5) is 13.2 Å². The number of rotatable bonds is 6. The van der Waals surface area contributed by atoms with Gasteiger partial charge in [-0.25, -0.2) is 0 Å². The Balaban J connectivity index is 2.36. The molecule has 7 heteroatoms. The standard InChI is InChI=1S/C19H15F3O4/c20-19(21,22)14-9-6-12(7-10-14)8-11-15(13-4-2-1-3-5-13)16(17(23)24)18(25)26/h1-11,15-16H,(H,23,24)(H,25,26)/b11-8+. The molecule has 0 saturated heterocycles. The van der Waals surface area contributed by atoms with Gasteiger partial charge in [0, 0.05) is 5.92 Å². The predicted molar refractivity (Wildman–Crippen MR) is 88.4 cm³/mol. The molecule has 0 saturated carbocycles. The van der Waals surface area contributed by atoms with Crippen molar-refractivity contribution in [3.8, 4) is 0 Å². The lowest BCUT2D eigenvalue weighted by atomic mass is 9.85. The van der Waals surface area contributed by atoms with E-state index >= 15 is 0 Å². The van der Waals surface area contributed by atoms with Crippen molar-refractivity contribution in [1.29, 1.82) is 0 Å². The molecule has 0 aliphatic rings. The number of halogens is 3. The highest BCUT2D eigenvalue weighted by molar-refractivity contribution is 5.94. The normalized spacial score (nSPS) is 13.1. The van der Waals surface area contributed by atoms with E-state index in [1.54, 1.807) is 30.3 Å². The first kappa shape index (κ1) is 19.2. The number of aliphatic carboxylic acids is 2. The van der Waals surface area contributed by atoms with Crippen LogP contribution in [0.25, 0.3) is 6.08 Å². The average Bonchev–Trinajstić information content (AvgIpc) is 2.58. The number of carboxylic acid groups (broad SMARTS) is 2. The second-order valence-corrected chi connectivity index (χ2v) is 5.57. The lowest BCUT2D eigenvalue weighted by molar-refractivity contribution is -0.155. The highest BCUT2D eigenvalue weighted by Crippen LogP contribution is 2.30. The van der Waals surface area contributed by atoms with Gasteiger partial charge in [-0.05, 0) is 23.3 Å². The van der Waals surface area contributed by atoms with E-state index in [2.05, 4.69) is 0 Å². The molecule has 0 heterocycles. The van der Waals surface area contributed by atoms with Crippen LogP contribution in [0.5, 0.6) is 0 Å². The van der Waals surface area contributed by atoms with Gasteiger partial charge in [0.25, 0.3) is 0 Å². The maximum absolute atomic E-state index is 12.6. The van der Waals surface area contributed by atoms with Crippen molar-refractivity contribution < 1.29 is 33.0 Å². The van der Waals surface area contributed by atoms with Gasteiger partial charge in [-0.15, -0.1) is 0 Å². The molecule has 0 fully saturated rings. The molecule has 1 atom stereocenters. The summed E-state index contributed by atoms with van der Waals surface area (Å²) in [4.78, 5) is 22.8. The summed E-state index contributed by atoms with van der Waals surface area (Å²) in [5.41, 5.74) is 0.0714. The number of benzene rings is 2. The Morgan fingerprint density at radius 3 is 1.88 bits per heavy atom. The van der Waals surface area contributed by atoms with Gasteiger partial charge in [0.05, 0.1) is 5.56 Å². The lowest BCUT2D eigenvalue weighted by Crippen LogP contribution is -2.29. The monoisotopic (exact) mass is 364 g/mol. The van der Waals surface area contributed by atoms with Crippen molar-refractivity contribution in [1.82, 2.24) is 0 Å². The van der Waals surface area contributed by atoms with Gasteiger partial charge in [0.2, 0.25) is 0 Å². The van der Waals surface area contributed by atoms with Crippen molar-refractivity contribution in [3.63, 3.8) is 0 Å². The zero-order chi connectivity index (χ0) is 19.3. The molecular formula is C19H15F3O4. The molecule has 0 aliphatic carbocycles. The summed E-state index contributed by atoms with van der Waals surface area (Å²) in [6.45, 7) is 0. The van der Waals surface area contributed by atoms with Crippen LogP contribution in [0.1, 0.15) is 22.6 Å². The van der Waals surface area contributed by atoms with Crippen LogP contribution in [0, 0.1) is 5.92 Å². The van der Waals surface area contributed by atoms with Crippen LogP contribution in [-0.2, 0) is 15.8 Å². The maximum atomic E-state index is 12.6. The molecule has 136 valence electrons. The van der Waals surface area contributed by atoms with Crippen molar-refractivity contribution in [2.45, 2.75) is 12.1 Å². The van der Waals surface area contributed by atoms with Crippen molar-refractivity contribution >= 4 is 18.0 Å². The summed E-state index contributed by atoms with van der Waals surface area (Å²) in [5.74, 6) is -5.69. The Morgan fingerprint density at radius 1 is 0.885 bits per heavy atom. The molecule has 0 aliphatic heterocycles. The smallest absolute Gasteiger partial charge is 0.416 e. The van der Waals surface area contributed by atoms with Gasteiger partial charge >= 0.3 is 18.1 Å². The van der Waals surface area contributed by atoms with Crippen molar-refractivity contribution in [3.05, 3.63) is 77.4 Å². The van der Waals surface area contributed by atoms with Crippen LogP contribution >= 0.6 is 0 Å². The Kier molecular flexibility index (Phi) is 5.82. The fraction of sp³-hybridized carbons (Fsp3) is 0.158. The number of carboxylic acids is 2. The van der Waals surface area contributed by atoms with Gasteiger partial charge in [-0.1, -0.05) is 54.6 Å². The fourth-order valence-corrected chi connectivity index (χ4v) is 2.50. The topological polar surface area (TPSA) is 74.6 Å². The summed E-state index contributed by atoms with van der Waals surface area (Å²) >= 11 is 0. The quantitative estimate of drug-likeness (QED) is 0.750. The molecule has 0 amide bonds. The molecular weight excluding hydrogens is 349 g/mol.